The summed E-state index contributed by atoms with van der Waals surface area (Å²) in [6, 6.07) is 6.77. The van der Waals surface area contributed by atoms with E-state index in [-0.39, 0.29) is 11.3 Å². The lowest BCUT2D eigenvalue weighted by Gasteiger charge is -2.11. The minimum absolute atomic E-state index is 0.140. The lowest BCUT2D eigenvalue weighted by molar-refractivity contribution is -0.121. The fraction of sp³-hybridized carbons (Fsp3) is 0.286. The van der Waals surface area contributed by atoms with Gasteiger partial charge in [-0.2, -0.15) is 0 Å². The molecule has 1 aliphatic rings. The summed E-state index contributed by atoms with van der Waals surface area (Å²) in [7, 11) is 1.58. The van der Waals surface area contributed by atoms with E-state index in [0.717, 1.165) is 11.3 Å². The molecule has 0 fully saturated rings. The van der Waals surface area contributed by atoms with Crippen molar-refractivity contribution in [3.63, 3.8) is 0 Å². The van der Waals surface area contributed by atoms with Gasteiger partial charge >= 0.3 is 0 Å². The number of nitrogens with one attached hydrogen (secondary N) is 1. The van der Waals surface area contributed by atoms with Crippen LogP contribution in [0.2, 0.25) is 0 Å². The number of carbonyl (C=O) groups excluding carboxylic acids is 2. The third kappa shape index (κ3) is 2.59. The molecule has 1 heterocycles. The van der Waals surface area contributed by atoms with Crippen LogP contribution in [0.1, 0.15) is 12.5 Å². The molecular weight excluding hydrogens is 246 g/mol. The van der Waals surface area contributed by atoms with Crippen molar-refractivity contribution in [1.29, 1.82) is 0 Å². The predicted octanol–water partition coefficient (Wildman–Crippen LogP) is 1.14. The van der Waals surface area contributed by atoms with E-state index in [2.05, 4.69) is 5.32 Å². The monoisotopic (exact) mass is 261 g/mol. The van der Waals surface area contributed by atoms with Crippen molar-refractivity contribution < 1.29 is 19.4 Å². The first kappa shape index (κ1) is 13.1. The zero-order valence-corrected chi connectivity index (χ0v) is 10.8. The van der Waals surface area contributed by atoms with Crippen molar-refractivity contribution >= 4 is 11.7 Å². The van der Waals surface area contributed by atoms with Gasteiger partial charge in [-0.15, -0.1) is 0 Å². The molecule has 0 spiro atoms. The molecule has 1 aliphatic heterocycles. The Morgan fingerprint density at radius 3 is 2.47 bits per heavy atom. The van der Waals surface area contributed by atoms with Gasteiger partial charge in [0.15, 0.2) is 5.78 Å². The Morgan fingerprint density at radius 1 is 1.37 bits per heavy atom. The topological polar surface area (TPSA) is 75.6 Å². The molecule has 5 nitrogen and oxygen atoms in total. The summed E-state index contributed by atoms with van der Waals surface area (Å²) in [5.41, 5.74) is 0.793. The SMILES string of the molecule is COc1ccc(CC2NC(=O)C(C(C)=O)=C2O)cc1. The van der Waals surface area contributed by atoms with E-state index in [1.807, 2.05) is 12.1 Å². The Kier molecular flexibility index (Phi) is 3.55. The van der Waals surface area contributed by atoms with Crippen LogP contribution in [0.15, 0.2) is 35.6 Å². The number of ketones is 1. The molecule has 19 heavy (non-hydrogen) atoms. The quantitative estimate of drug-likeness (QED) is 0.797. The van der Waals surface area contributed by atoms with E-state index in [4.69, 9.17) is 4.74 Å². The van der Waals surface area contributed by atoms with Crippen molar-refractivity contribution in [1.82, 2.24) is 5.32 Å². The minimum Gasteiger partial charge on any atom is -0.509 e. The molecule has 0 saturated carbocycles. The highest BCUT2D eigenvalue weighted by molar-refractivity contribution is 6.20. The smallest absolute Gasteiger partial charge is 0.259 e. The van der Waals surface area contributed by atoms with Crippen LogP contribution in [0.3, 0.4) is 0 Å². The number of aliphatic hydroxyl groups is 1. The van der Waals surface area contributed by atoms with Crippen LogP contribution in [0, 0.1) is 0 Å². The van der Waals surface area contributed by atoms with Crippen LogP contribution < -0.4 is 10.1 Å². The second kappa shape index (κ2) is 5.14. The maximum Gasteiger partial charge on any atom is 0.259 e. The van der Waals surface area contributed by atoms with Crippen molar-refractivity contribution in [2.45, 2.75) is 19.4 Å². The largest absolute Gasteiger partial charge is 0.509 e. The van der Waals surface area contributed by atoms with Crippen LogP contribution >= 0.6 is 0 Å². The van der Waals surface area contributed by atoms with Crippen molar-refractivity contribution in [3.8, 4) is 5.75 Å². The fourth-order valence-electron chi connectivity index (χ4n) is 2.07. The Morgan fingerprint density at radius 2 is 2.00 bits per heavy atom. The van der Waals surface area contributed by atoms with Crippen LogP contribution in [-0.2, 0) is 16.0 Å². The summed E-state index contributed by atoms with van der Waals surface area (Å²) in [4.78, 5) is 22.8. The molecule has 0 aromatic heterocycles. The second-order valence-electron chi connectivity index (χ2n) is 4.39. The number of rotatable bonds is 4. The third-order valence-corrected chi connectivity index (χ3v) is 3.07. The number of hydrogen-bond acceptors (Lipinski definition) is 4. The zero-order chi connectivity index (χ0) is 14.0. The van der Waals surface area contributed by atoms with Crippen molar-refractivity contribution in [3.05, 3.63) is 41.2 Å². The highest BCUT2D eigenvalue weighted by atomic mass is 16.5. The van der Waals surface area contributed by atoms with E-state index in [1.54, 1.807) is 19.2 Å². The number of ether oxygens (including phenoxy) is 1. The zero-order valence-electron chi connectivity index (χ0n) is 10.8. The van der Waals surface area contributed by atoms with E-state index >= 15 is 0 Å². The lowest BCUT2D eigenvalue weighted by atomic mass is 10.0. The molecule has 0 radical (unpaired) electrons. The van der Waals surface area contributed by atoms with E-state index < -0.39 is 17.7 Å². The van der Waals surface area contributed by atoms with Crippen molar-refractivity contribution in [2.24, 2.45) is 0 Å². The van der Waals surface area contributed by atoms with Gasteiger partial charge in [0, 0.05) is 0 Å². The predicted molar refractivity (Wildman–Crippen MR) is 69.0 cm³/mol. The number of carbonyl (C=O) groups is 2. The highest BCUT2D eigenvalue weighted by Gasteiger charge is 2.33. The van der Waals surface area contributed by atoms with Gasteiger partial charge in [0.25, 0.3) is 5.91 Å². The molecule has 0 bridgehead atoms. The van der Waals surface area contributed by atoms with Gasteiger partial charge in [-0.1, -0.05) is 12.1 Å². The average Bonchev–Trinajstić information content (AvgIpc) is 2.65. The highest BCUT2D eigenvalue weighted by Crippen LogP contribution is 2.20. The number of benzene rings is 1. The molecule has 100 valence electrons. The second-order valence-corrected chi connectivity index (χ2v) is 4.39. The van der Waals surface area contributed by atoms with E-state index in [9.17, 15) is 14.7 Å². The number of amides is 1. The number of Topliss-reactive ketones (excluding diaryl/α,β-unsaturated/α-hetero) is 1. The average molecular weight is 261 g/mol. The summed E-state index contributed by atoms with van der Waals surface area (Å²) >= 11 is 0. The van der Waals surface area contributed by atoms with Gasteiger partial charge in [0.05, 0.1) is 13.2 Å². The molecule has 2 N–H and O–H groups in total. The Balaban J connectivity index is 2.16. The Labute approximate surface area is 110 Å². The van der Waals surface area contributed by atoms with E-state index in [0.29, 0.717) is 6.42 Å². The molecule has 2 rings (SSSR count). The molecule has 1 unspecified atom stereocenters. The van der Waals surface area contributed by atoms with Crippen molar-refractivity contribution in [2.75, 3.05) is 7.11 Å². The third-order valence-electron chi connectivity index (χ3n) is 3.07. The normalized spacial score (nSPS) is 18.4. The number of aliphatic hydroxyl groups excluding tert-OH is 1. The Hall–Kier alpha value is -2.30. The summed E-state index contributed by atoms with van der Waals surface area (Å²) in [5.74, 6) is -0.368. The summed E-state index contributed by atoms with van der Waals surface area (Å²) < 4.78 is 5.05. The molecule has 1 atom stereocenters. The summed E-state index contributed by atoms with van der Waals surface area (Å²) in [6.07, 6.45) is 0.429. The van der Waals surface area contributed by atoms with Gasteiger partial charge in [-0.25, -0.2) is 0 Å². The fourth-order valence-corrected chi connectivity index (χ4v) is 2.07. The molecule has 1 aromatic carbocycles. The molecule has 5 heteroatoms. The molecule has 1 amide bonds. The first-order valence-corrected chi connectivity index (χ1v) is 5.90. The molecule has 1 aromatic rings. The van der Waals surface area contributed by atoms with Crippen LogP contribution in [-0.4, -0.2) is 29.9 Å². The number of methoxy groups -OCH3 is 1. The molecular formula is C14H15NO4. The molecule has 0 saturated heterocycles. The standard InChI is InChI=1S/C14H15NO4/c1-8(16)12-13(17)11(15-14(12)18)7-9-3-5-10(19-2)6-4-9/h3-6,11,17H,7H2,1-2H3,(H,15,18). The lowest BCUT2D eigenvalue weighted by Crippen LogP contribution is -2.31. The first-order valence-electron chi connectivity index (χ1n) is 5.90. The van der Waals surface area contributed by atoms with Gasteiger partial charge in [0.1, 0.15) is 17.1 Å². The summed E-state index contributed by atoms with van der Waals surface area (Å²) in [6.45, 7) is 1.26. The van der Waals surface area contributed by atoms with E-state index in [1.165, 1.54) is 6.92 Å². The summed E-state index contributed by atoms with van der Waals surface area (Å²) in [5, 5.41) is 12.5. The van der Waals surface area contributed by atoms with Gasteiger partial charge in [-0.3, -0.25) is 9.59 Å². The molecule has 0 aliphatic carbocycles. The van der Waals surface area contributed by atoms with Gasteiger partial charge < -0.3 is 15.2 Å². The van der Waals surface area contributed by atoms with Crippen LogP contribution in [0.25, 0.3) is 0 Å². The Bertz CT molecular complexity index is 545. The number of hydrogen-bond donors (Lipinski definition) is 2. The van der Waals surface area contributed by atoms with Gasteiger partial charge in [-0.05, 0) is 31.0 Å². The maximum atomic E-state index is 11.6. The first-order chi connectivity index (χ1) is 9.02. The maximum absolute atomic E-state index is 11.6. The minimum atomic E-state index is -0.542. The van der Waals surface area contributed by atoms with Crippen LogP contribution in [0.5, 0.6) is 5.75 Å². The van der Waals surface area contributed by atoms with Gasteiger partial charge in [0.2, 0.25) is 0 Å². The van der Waals surface area contributed by atoms with Crippen LogP contribution in [0.4, 0.5) is 0 Å².